The molecule has 96 valence electrons. The normalized spacial score (nSPS) is 14.6. The van der Waals surface area contributed by atoms with E-state index in [1.165, 1.54) is 6.20 Å². The molecule has 0 saturated carbocycles. The number of carbonyl (C=O) groups is 1. The first-order valence-electron chi connectivity index (χ1n) is 6.03. The van der Waals surface area contributed by atoms with Crippen LogP contribution in [-0.4, -0.2) is 21.6 Å². The summed E-state index contributed by atoms with van der Waals surface area (Å²) in [5, 5.41) is 4.49. The Morgan fingerprint density at radius 1 is 1.59 bits per heavy atom. The predicted molar refractivity (Wildman–Crippen MR) is 69.3 cm³/mol. The van der Waals surface area contributed by atoms with E-state index in [2.05, 4.69) is 5.10 Å². The van der Waals surface area contributed by atoms with Crippen molar-refractivity contribution >= 4 is 17.4 Å². The highest BCUT2D eigenvalue weighted by atomic mass is 35.5. The summed E-state index contributed by atoms with van der Waals surface area (Å²) in [7, 11) is 0. The number of hydrogen-bond acceptors (Lipinski definition) is 3. The van der Waals surface area contributed by atoms with Gasteiger partial charge in [0.05, 0.1) is 17.3 Å². The standard InChI is InChI=1S/C12H20ClN3O/c1-4-6-16-11(9(13)7-15-16)12(17)10(14)8(3)5-2/h7-8,10H,4-6,14H2,1-3H3. The number of rotatable bonds is 6. The van der Waals surface area contributed by atoms with Crippen molar-refractivity contribution in [1.29, 1.82) is 0 Å². The molecule has 0 saturated heterocycles. The van der Waals surface area contributed by atoms with E-state index in [9.17, 15) is 4.79 Å². The topological polar surface area (TPSA) is 60.9 Å². The molecule has 17 heavy (non-hydrogen) atoms. The molecule has 0 aliphatic carbocycles. The summed E-state index contributed by atoms with van der Waals surface area (Å²) < 4.78 is 1.65. The van der Waals surface area contributed by atoms with Crippen LogP contribution in [0, 0.1) is 5.92 Å². The second-order valence-electron chi connectivity index (χ2n) is 4.34. The number of Topliss-reactive ketones (excluding diaryl/α,β-unsaturated/α-hetero) is 1. The first kappa shape index (κ1) is 14.2. The molecule has 4 nitrogen and oxygen atoms in total. The van der Waals surface area contributed by atoms with Crippen LogP contribution in [0.15, 0.2) is 6.20 Å². The number of aromatic nitrogens is 2. The van der Waals surface area contributed by atoms with Crippen LogP contribution in [0.4, 0.5) is 0 Å². The number of nitrogens with zero attached hydrogens (tertiary/aromatic N) is 2. The average Bonchev–Trinajstić information content (AvgIpc) is 2.68. The maximum absolute atomic E-state index is 12.3. The highest BCUT2D eigenvalue weighted by Gasteiger charge is 2.26. The van der Waals surface area contributed by atoms with Gasteiger partial charge in [-0.2, -0.15) is 5.10 Å². The molecule has 0 amide bonds. The Labute approximate surface area is 107 Å². The lowest BCUT2D eigenvalue weighted by Gasteiger charge is -2.17. The molecule has 0 aromatic carbocycles. The van der Waals surface area contributed by atoms with Gasteiger partial charge in [0.15, 0.2) is 5.78 Å². The van der Waals surface area contributed by atoms with E-state index >= 15 is 0 Å². The lowest BCUT2D eigenvalue weighted by molar-refractivity contribution is 0.0924. The molecule has 1 aromatic heterocycles. The molecule has 0 spiro atoms. The molecular weight excluding hydrogens is 238 g/mol. The Hall–Kier alpha value is -0.870. The molecule has 1 rings (SSSR count). The van der Waals surface area contributed by atoms with E-state index in [0.717, 1.165) is 12.8 Å². The summed E-state index contributed by atoms with van der Waals surface area (Å²) in [6.45, 7) is 6.69. The summed E-state index contributed by atoms with van der Waals surface area (Å²) in [5.74, 6) is 0.0267. The molecular formula is C12H20ClN3O. The van der Waals surface area contributed by atoms with Crippen molar-refractivity contribution in [3.8, 4) is 0 Å². The van der Waals surface area contributed by atoms with Gasteiger partial charge >= 0.3 is 0 Å². The smallest absolute Gasteiger partial charge is 0.199 e. The van der Waals surface area contributed by atoms with E-state index in [0.29, 0.717) is 17.3 Å². The third-order valence-corrected chi connectivity index (χ3v) is 3.30. The van der Waals surface area contributed by atoms with Crippen molar-refractivity contribution < 1.29 is 4.79 Å². The number of halogens is 1. The van der Waals surface area contributed by atoms with Crippen LogP contribution in [0.25, 0.3) is 0 Å². The van der Waals surface area contributed by atoms with Crippen LogP contribution in [0.1, 0.15) is 44.1 Å². The maximum atomic E-state index is 12.3. The zero-order valence-corrected chi connectivity index (χ0v) is 11.4. The zero-order chi connectivity index (χ0) is 13.0. The fraction of sp³-hybridized carbons (Fsp3) is 0.667. The van der Waals surface area contributed by atoms with Gasteiger partial charge < -0.3 is 5.73 Å². The van der Waals surface area contributed by atoms with E-state index in [1.807, 2.05) is 20.8 Å². The second-order valence-corrected chi connectivity index (χ2v) is 4.75. The van der Waals surface area contributed by atoms with E-state index in [-0.39, 0.29) is 11.7 Å². The van der Waals surface area contributed by atoms with Crippen molar-refractivity contribution in [3.63, 3.8) is 0 Å². The van der Waals surface area contributed by atoms with Crippen LogP contribution < -0.4 is 5.73 Å². The summed E-state index contributed by atoms with van der Waals surface area (Å²) >= 11 is 6.01. The minimum atomic E-state index is -0.509. The predicted octanol–water partition coefficient (Wildman–Crippen LogP) is 2.50. The van der Waals surface area contributed by atoms with E-state index in [1.54, 1.807) is 4.68 Å². The average molecular weight is 258 g/mol. The monoisotopic (exact) mass is 257 g/mol. The Bertz CT molecular complexity index is 389. The van der Waals surface area contributed by atoms with Crippen LogP contribution >= 0.6 is 11.6 Å². The Kier molecular flexibility index (Phi) is 5.15. The van der Waals surface area contributed by atoms with Gasteiger partial charge in [0.2, 0.25) is 0 Å². The van der Waals surface area contributed by atoms with Gasteiger partial charge in [-0.15, -0.1) is 0 Å². The Balaban J connectivity index is 2.98. The summed E-state index contributed by atoms with van der Waals surface area (Å²) in [5.41, 5.74) is 6.39. The van der Waals surface area contributed by atoms with Gasteiger partial charge in [0, 0.05) is 6.54 Å². The van der Waals surface area contributed by atoms with Crippen molar-refractivity contribution in [2.45, 2.75) is 46.2 Å². The van der Waals surface area contributed by atoms with Crippen molar-refractivity contribution in [2.75, 3.05) is 0 Å². The van der Waals surface area contributed by atoms with Gasteiger partial charge in [0.25, 0.3) is 0 Å². The number of carbonyl (C=O) groups excluding carboxylic acids is 1. The SMILES string of the molecule is CCCn1ncc(Cl)c1C(=O)C(N)C(C)CC. The van der Waals surface area contributed by atoms with Crippen LogP contribution in [0.2, 0.25) is 5.02 Å². The second kappa shape index (κ2) is 6.17. The van der Waals surface area contributed by atoms with Gasteiger partial charge in [-0.25, -0.2) is 0 Å². The highest BCUT2D eigenvalue weighted by molar-refractivity contribution is 6.33. The minimum Gasteiger partial charge on any atom is -0.321 e. The van der Waals surface area contributed by atoms with Crippen molar-refractivity contribution in [3.05, 3.63) is 16.9 Å². The van der Waals surface area contributed by atoms with Crippen LogP contribution in [-0.2, 0) is 6.54 Å². The molecule has 2 N–H and O–H groups in total. The van der Waals surface area contributed by atoms with Crippen molar-refractivity contribution in [1.82, 2.24) is 9.78 Å². The Morgan fingerprint density at radius 3 is 2.76 bits per heavy atom. The number of aryl methyl sites for hydroxylation is 1. The van der Waals surface area contributed by atoms with Gasteiger partial charge in [-0.05, 0) is 12.3 Å². The van der Waals surface area contributed by atoms with Gasteiger partial charge in [-0.3, -0.25) is 9.48 Å². The van der Waals surface area contributed by atoms with Crippen molar-refractivity contribution in [2.24, 2.45) is 11.7 Å². The quantitative estimate of drug-likeness (QED) is 0.797. The largest absolute Gasteiger partial charge is 0.321 e. The first-order chi connectivity index (χ1) is 8.02. The van der Waals surface area contributed by atoms with Gasteiger partial charge in [0.1, 0.15) is 5.69 Å². The molecule has 5 heteroatoms. The summed E-state index contributed by atoms with van der Waals surface area (Å²) in [4.78, 5) is 12.3. The molecule has 2 atom stereocenters. The van der Waals surface area contributed by atoms with Crippen LogP contribution in [0.3, 0.4) is 0 Å². The summed E-state index contributed by atoms with van der Waals surface area (Å²) in [6.07, 6.45) is 3.27. The first-order valence-corrected chi connectivity index (χ1v) is 6.41. The maximum Gasteiger partial charge on any atom is 0.199 e. The Morgan fingerprint density at radius 2 is 2.24 bits per heavy atom. The lowest BCUT2D eigenvalue weighted by Crippen LogP contribution is -2.38. The number of hydrogen-bond donors (Lipinski definition) is 1. The molecule has 0 bridgehead atoms. The number of nitrogens with two attached hydrogens (primary N) is 1. The lowest BCUT2D eigenvalue weighted by atomic mass is 9.95. The van der Waals surface area contributed by atoms with E-state index in [4.69, 9.17) is 17.3 Å². The van der Waals surface area contributed by atoms with E-state index < -0.39 is 6.04 Å². The molecule has 2 unspecified atom stereocenters. The molecule has 0 radical (unpaired) electrons. The third kappa shape index (κ3) is 3.07. The molecule has 1 heterocycles. The highest BCUT2D eigenvalue weighted by Crippen LogP contribution is 2.20. The molecule has 0 aliphatic heterocycles. The third-order valence-electron chi connectivity index (χ3n) is 3.02. The fourth-order valence-corrected chi connectivity index (χ4v) is 1.89. The fourth-order valence-electron chi connectivity index (χ4n) is 1.66. The zero-order valence-electron chi connectivity index (χ0n) is 10.6. The van der Waals surface area contributed by atoms with Crippen LogP contribution in [0.5, 0.6) is 0 Å². The molecule has 1 aromatic rings. The molecule has 0 aliphatic rings. The molecule has 0 fully saturated rings. The minimum absolute atomic E-state index is 0.115. The van der Waals surface area contributed by atoms with Gasteiger partial charge in [-0.1, -0.05) is 38.8 Å². The summed E-state index contributed by atoms with van der Waals surface area (Å²) in [6, 6.07) is -0.509. The number of ketones is 1.